The fourth-order valence-electron chi connectivity index (χ4n) is 6.25. The quantitative estimate of drug-likeness (QED) is 0.203. The number of aromatic nitrogens is 6. The van der Waals surface area contributed by atoms with E-state index in [4.69, 9.17) is 14.2 Å². The van der Waals surface area contributed by atoms with Gasteiger partial charge in [-0.05, 0) is 68.8 Å². The minimum Gasteiger partial charge on any atom is -0.491 e. The molecule has 0 aliphatic carbocycles. The summed E-state index contributed by atoms with van der Waals surface area (Å²) in [5, 5.41) is 12.8. The Morgan fingerprint density at radius 1 is 0.854 bits per heavy atom. The largest absolute Gasteiger partial charge is 0.491 e. The third kappa shape index (κ3) is 6.58. The summed E-state index contributed by atoms with van der Waals surface area (Å²) < 4.78 is 22.1. The van der Waals surface area contributed by atoms with Crippen LogP contribution in [0.15, 0.2) is 96.3 Å². The van der Waals surface area contributed by atoms with Crippen LogP contribution in [0.3, 0.4) is 0 Å². The first-order valence-corrected chi connectivity index (χ1v) is 16.6. The Balaban J connectivity index is 0.916. The van der Waals surface area contributed by atoms with Crippen LogP contribution in [0.4, 0.5) is 11.4 Å². The van der Waals surface area contributed by atoms with Crippen LogP contribution in [-0.2, 0) is 21.8 Å². The monoisotopic (exact) mass is 650 g/mol. The summed E-state index contributed by atoms with van der Waals surface area (Å²) in [6.07, 6.45) is 5.52. The van der Waals surface area contributed by atoms with E-state index in [-0.39, 0.29) is 17.8 Å². The van der Waals surface area contributed by atoms with Crippen molar-refractivity contribution < 1.29 is 14.2 Å². The van der Waals surface area contributed by atoms with Gasteiger partial charge in [0.25, 0.3) is 0 Å². The van der Waals surface area contributed by atoms with Gasteiger partial charge in [-0.3, -0.25) is 0 Å². The molecule has 48 heavy (non-hydrogen) atoms. The molecule has 2 aliphatic rings. The maximum Gasteiger partial charge on any atom is 0.350 e. The van der Waals surface area contributed by atoms with Gasteiger partial charge in [0.05, 0.1) is 30.7 Å². The van der Waals surface area contributed by atoms with E-state index in [0.29, 0.717) is 19.8 Å². The minimum atomic E-state index is -0.981. The Kier molecular flexibility index (Phi) is 9.00. The molecule has 2 aromatic heterocycles. The Labute approximate surface area is 280 Å². The van der Waals surface area contributed by atoms with Crippen LogP contribution in [0.25, 0.3) is 5.69 Å². The predicted molar refractivity (Wildman–Crippen MR) is 183 cm³/mol. The second-order valence-electron chi connectivity index (χ2n) is 12.5. The van der Waals surface area contributed by atoms with Crippen molar-refractivity contribution in [2.45, 2.75) is 51.7 Å². The molecule has 0 amide bonds. The van der Waals surface area contributed by atoms with Crippen molar-refractivity contribution in [3.63, 3.8) is 0 Å². The van der Waals surface area contributed by atoms with Crippen LogP contribution < -0.4 is 20.2 Å². The lowest BCUT2D eigenvalue weighted by molar-refractivity contribution is -0.192. The highest BCUT2D eigenvalue weighted by Crippen LogP contribution is 2.36. The van der Waals surface area contributed by atoms with Gasteiger partial charge < -0.3 is 24.0 Å². The van der Waals surface area contributed by atoms with E-state index in [1.807, 2.05) is 43.3 Å². The Bertz CT molecular complexity index is 1830. The zero-order chi connectivity index (χ0) is 33.1. The fraction of sp³-hybridized carbons (Fsp3) is 0.389. The van der Waals surface area contributed by atoms with Crippen LogP contribution in [0.2, 0.25) is 0 Å². The molecule has 7 rings (SSSR count). The second kappa shape index (κ2) is 13.7. The number of anilines is 2. The molecule has 12 heteroatoms. The summed E-state index contributed by atoms with van der Waals surface area (Å²) in [5.41, 5.74) is 5.12. The van der Waals surface area contributed by atoms with Crippen LogP contribution >= 0.6 is 0 Å². The Hall–Kier alpha value is -4.94. The van der Waals surface area contributed by atoms with Crippen LogP contribution in [0.5, 0.6) is 5.75 Å². The van der Waals surface area contributed by atoms with Gasteiger partial charge in [-0.2, -0.15) is 20.1 Å². The molecule has 5 aromatic rings. The van der Waals surface area contributed by atoms with E-state index in [1.54, 1.807) is 32.8 Å². The standard InChI is InChI=1S/C36H42N8O4/c1-4-28(3)44-35(45)42(26-39-44)32-11-9-30(10-12-32)40-19-21-41(22-20-40)31-13-15-33(16-14-31)46-23-34-24-47-36(48-34,25-43-37-17-18-38-43)29-7-5-27(2)6-8-29/h5-18,26,28,34H,4,19-25H2,1-3H3. The number of hydrogen-bond donors (Lipinski definition) is 0. The summed E-state index contributed by atoms with van der Waals surface area (Å²) in [5.74, 6) is -0.192. The molecule has 3 unspecified atom stereocenters. The molecule has 12 nitrogen and oxygen atoms in total. The molecule has 2 saturated heterocycles. The third-order valence-electron chi connectivity index (χ3n) is 9.28. The molecule has 250 valence electrons. The highest BCUT2D eigenvalue weighted by Gasteiger charge is 2.44. The molecular weight excluding hydrogens is 608 g/mol. The van der Waals surface area contributed by atoms with Crippen LogP contribution in [0.1, 0.15) is 37.4 Å². The summed E-state index contributed by atoms with van der Waals surface area (Å²) >= 11 is 0. The smallest absolute Gasteiger partial charge is 0.350 e. The molecule has 0 radical (unpaired) electrons. The second-order valence-corrected chi connectivity index (χ2v) is 12.5. The topological polar surface area (TPSA) is 105 Å². The zero-order valence-electron chi connectivity index (χ0n) is 27.7. The maximum atomic E-state index is 12.8. The first kappa shape index (κ1) is 31.6. The number of piperazine rings is 1. The molecule has 0 bridgehead atoms. The number of nitrogens with zero attached hydrogens (tertiary/aromatic N) is 8. The first-order chi connectivity index (χ1) is 23.4. The first-order valence-electron chi connectivity index (χ1n) is 16.6. The average molecular weight is 651 g/mol. The minimum absolute atomic E-state index is 0.0717. The van der Waals surface area contributed by atoms with Gasteiger partial charge in [-0.25, -0.2) is 14.0 Å². The van der Waals surface area contributed by atoms with Gasteiger partial charge in [0, 0.05) is 43.1 Å². The predicted octanol–water partition coefficient (Wildman–Crippen LogP) is 4.58. The number of ether oxygens (including phenoxy) is 3. The van der Waals surface area contributed by atoms with Gasteiger partial charge in [0.2, 0.25) is 5.79 Å². The van der Waals surface area contributed by atoms with Crippen molar-refractivity contribution in [3.8, 4) is 11.4 Å². The van der Waals surface area contributed by atoms with Gasteiger partial charge in [-0.1, -0.05) is 36.8 Å². The average Bonchev–Trinajstić information content (AvgIpc) is 3.89. The Morgan fingerprint density at radius 2 is 1.46 bits per heavy atom. The lowest BCUT2D eigenvalue weighted by Gasteiger charge is -2.37. The summed E-state index contributed by atoms with van der Waals surface area (Å²) in [6, 6.07) is 24.7. The van der Waals surface area contributed by atoms with E-state index in [9.17, 15) is 4.79 Å². The van der Waals surface area contributed by atoms with Crippen molar-refractivity contribution >= 4 is 11.4 Å². The molecule has 2 fully saturated rings. The highest BCUT2D eigenvalue weighted by molar-refractivity contribution is 5.54. The molecule has 0 spiro atoms. The molecule has 0 N–H and O–H groups in total. The highest BCUT2D eigenvalue weighted by atomic mass is 16.8. The van der Waals surface area contributed by atoms with Crippen molar-refractivity contribution in [1.82, 2.24) is 29.3 Å². The molecule has 3 aromatic carbocycles. The van der Waals surface area contributed by atoms with Crippen molar-refractivity contribution in [3.05, 3.63) is 113 Å². The van der Waals surface area contributed by atoms with Gasteiger partial charge >= 0.3 is 5.69 Å². The summed E-state index contributed by atoms with van der Waals surface area (Å²) in [4.78, 5) is 19.2. The number of benzene rings is 3. The van der Waals surface area contributed by atoms with E-state index in [1.165, 1.54) is 11.3 Å². The lowest BCUT2D eigenvalue weighted by atomic mass is 10.0. The van der Waals surface area contributed by atoms with E-state index in [2.05, 4.69) is 75.3 Å². The Morgan fingerprint density at radius 3 is 2.08 bits per heavy atom. The third-order valence-corrected chi connectivity index (χ3v) is 9.28. The normalized spacial score (nSPS) is 20.3. The number of hydrogen-bond acceptors (Lipinski definition) is 9. The molecule has 0 saturated carbocycles. The van der Waals surface area contributed by atoms with Crippen molar-refractivity contribution in [2.75, 3.05) is 49.2 Å². The van der Waals surface area contributed by atoms with Gasteiger partial charge in [0.1, 0.15) is 31.3 Å². The van der Waals surface area contributed by atoms with E-state index < -0.39 is 5.79 Å². The van der Waals surface area contributed by atoms with E-state index in [0.717, 1.165) is 55.3 Å². The zero-order valence-corrected chi connectivity index (χ0v) is 27.7. The van der Waals surface area contributed by atoms with E-state index >= 15 is 0 Å². The van der Waals surface area contributed by atoms with Crippen molar-refractivity contribution in [1.29, 1.82) is 0 Å². The lowest BCUT2D eigenvalue weighted by Crippen LogP contribution is -2.46. The molecule has 3 atom stereocenters. The number of rotatable bonds is 11. The van der Waals surface area contributed by atoms with Gasteiger partial charge in [0.15, 0.2) is 0 Å². The fourth-order valence-corrected chi connectivity index (χ4v) is 6.25. The molecular formula is C36H42N8O4. The van der Waals surface area contributed by atoms with Crippen LogP contribution in [-0.4, -0.2) is 74.8 Å². The molecule has 2 aliphatic heterocycles. The maximum absolute atomic E-state index is 12.8. The van der Waals surface area contributed by atoms with Crippen LogP contribution in [0, 0.1) is 6.92 Å². The summed E-state index contributed by atoms with van der Waals surface area (Å²) in [7, 11) is 0. The number of aryl methyl sites for hydroxylation is 1. The van der Waals surface area contributed by atoms with Gasteiger partial charge in [-0.15, -0.1) is 0 Å². The van der Waals surface area contributed by atoms with Crippen molar-refractivity contribution in [2.24, 2.45) is 0 Å². The SMILES string of the molecule is CCC(C)n1ncn(-c2ccc(N3CCN(c4ccc(OCC5COC(Cn6nccn6)(c6ccc(C)cc6)O5)cc4)CC3)cc2)c1=O. The summed E-state index contributed by atoms with van der Waals surface area (Å²) in [6.45, 7) is 10.8. The molecule has 4 heterocycles.